The average molecular weight is 453 g/mol. The number of carbonyl (C=O) groups excluding carboxylic acids is 1. The van der Waals surface area contributed by atoms with Crippen molar-refractivity contribution < 1.29 is 4.79 Å². The van der Waals surface area contributed by atoms with E-state index < -0.39 is 0 Å². The van der Waals surface area contributed by atoms with Crippen molar-refractivity contribution in [1.29, 1.82) is 0 Å². The molecule has 0 spiro atoms. The van der Waals surface area contributed by atoms with Crippen LogP contribution in [0.2, 0.25) is 0 Å². The van der Waals surface area contributed by atoms with Crippen molar-refractivity contribution in [3.05, 3.63) is 29.8 Å². The molecule has 5 nitrogen and oxygen atoms in total. The molecule has 5 rings (SSSR count). The number of nitrogens with zero attached hydrogens (tertiary/aromatic N) is 2. The number of urea groups is 1. The number of hydrogen-bond donors (Lipinski definition) is 2. The number of likely N-dealkylation sites (tertiary alicyclic amines) is 1. The number of para-hydroxylation sites is 1. The van der Waals surface area contributed by atoms with Crippen LogP contribution in [-0.4, -0.2) is 55.2 Å². The van der Waals surface area contributed by atoms with E-state index in [9.17, 15) is 4.79 Å². The molecule has 0 bridgehead atoms. The van der Waals surface area contributed by atoms with Gasteiger partial charge in [0.25, 0.3) is 0 Å². The van der Waals surface area contributed by atoms with Gasteiger partial charge in [0.05, 0.1) is 0 Å². The summed E-state index contributed by atoms with van der Waals surface area (Å²) in [5.74, 6) is 0.668. The van der Waals surface area contributed by atoms with Crippen LogP contribution in [0.3, 0.4) is 0 Å². The molecule has 1 atom stereocenters. The fourth-order valence-electron chi connectivity index (χ4n) is 6.94. The number of benzene rings is 1. The van der Waals surface area contributed by atoms with Crippen LogP contribution < -0.4 is 15.5 Å². The zero-order valence-corrected chi connectivity index (χ0v) is 20.4. The molecular formula is C28H44N4O. The van der Waals surface area contributed by atoms with Crippen LogP contribution in [-0.2, 0) is 0 Å². The van der Waals surface area contributed by atoms with Gasteiger partial charge in [-0.15, -0.1) is 0 Å². The minimum absolute atomic E-state index is 0.0429. The highest BCUT2D eigenvalue weighted by atomic mass is 16.2. The lowest BCUT2D eigenvalue weighted by molar-refractivity contribution is 0.154. The number of carbonyl (C=O) groups is 1. The van der Waals surface area contributed by atoms with Crippen molar-refractivity contribution in [2.75, 3.05) is 31.1 Å². The van der Waals surface area contributed by atoms with Crippen molar-refractivity contribution in [2.24, 2.45) is 0 Å². The largest absolute Gasteiger partial charge is 0.369 e. The Morgan fingerprint density at radius 3 is 2.18 bits per heavy atom. The fourth-order valence-corrected chi connectivity index (χ4v) is 6.94. The Morgan fingerprint density at radius 1 is 0.727 bits per heavy atom. The highest BCUT2D eigenvalue weighted by Gasteiger charge is 2.30. The van der Waals surface area contributed by atoms with E-state index in [1.54, 1.807) is 0 Å². The van der Waals surface area contributed by atoms with E-state index in [0.717, 1.165) is 44.8 Å². The van der Waals surface area contributed by atoms with Crippen molar-refractivity contribution in [3.8, 4) is 0 Å². The fraction of sp³-hybridized carbons (Fsp3) is 0.750. The van der Waals surface area contributed by atoms with Crippen LogP contribution in [0.25, 0.3) is 0 Å². The maximum absolute atomic E-state index is 12.6. The standard InChI is InChI=1S/C28H44N4O/c33-28(29-23-9-2-1-3-10-23)30-24-11-8-18-32(21-24)27-15-7-6-14-26(27)22-16-19-31(20-17-22)25-12-4-5-13-25/h6-7,14-15,22-25H,1-5,8-13,16-21H2,(H2,29,30,33)/t24-/m1/s1. The van der Waals surface area contributed by atoms with Crippen molar-refractivity contribution in [1.82, 2.24) is 15.5 Å². The van der Waals surface area contributed by atoms with E-state index in [2.05, 4.69) is 44.7 Å². The maximum atomic E-state index is 12.6. The Hall–Kier alpha value is -1.75. The Kier molecular flexibility index (Phi) is 7.75. The topological polar surface area (TPSA) is 47.6 Å². The van der Waals surface area contributed by atoms with Crippen LogP contribution in [0, 0.1) is 0 Å². The smallest absolute Gasteiger partial charge is 0.315 e. The Morgan fingerprint density at radius 2 is 1.39 bits per heavy atom. The van der Waals surface area contributed by atoms with Crippen molar-refractivity contribution >= 4 is 11.7 Å². The summed E-state index contributed by atoms with van der Waals surface area (Å²) in [4.78, 5) is 18.0. The van der Waals surface area contributed by atoms with Gasteiger partial charge in [-0.05, 0) is 82.0 Å². The summed E-state index contributed by atoms with van der Waals surface area (Å²) in [5, 5.41) is 6.54. The van der Waals surface area contributed by atoms with E-state index in [-0.39, 0.29) is 12.1 Å². The molecule has 2 aliphatic carbocycles. The summed E-state index contributed by atoms with van der Waals surface area (Å²) in [6, 6.07) is 10.6. The third kappa shape index (κ3) is 5.85. The first-order valence-electron chi connectivity index (χ1n) is 13.9. The molecule has 1 aromatic carbocycles. The summed E-state index contributed by atoms with van der Waals surface area (Å²) in [6.07, 6.45) is 16.6. The zero-order chi connectivity index (χ0) is 22.5. The molecule has 33 heavy (non-hydrogen) atoms. The predicted octanol–water partition coefficient (Wildman–Crippen LogP) is 5.41. The summed E-state index contributed by atoms with van der Waals surface area (Å²) in [6.45, 7) is 4.54. The predicted molar refractivity (Wildman–Crippen MR) is 136 cm³/mol. The molecule has 5 heteroatoms. The lowest BCUT2D eigenvalue weighted by Crippen LogP contribution is -2.52. The molecule has 4 aliphatic rings. The van der Waals surface area contributed by atoms with Crippen molar-refractivity contribution in [3.63, 3.8) is 0 Å². The Labute approximate surface area is 200 Å². The second kappa shape index (κ2) is 11.1. The van der Waals surface area contributed by atoms with Crippen LogP contribution in [0.5, 0.6) is 0 Å². The van der Waals surface area contributed by atoms with Gasteiger partial charge < -0.3 is 20.4 Å². The summed E-state index contributed by atoms with van der Waals surface area (Å²) in [7, 11) is 0. The second-order valence-corrected chi connectivity index (χ2v) is 11.0. The number of nitrogens with one attached hydrogen (secondary N) is 2. The van der Waals surface area contributed by atoms with Crippen LogP contribution in [0.4, 0.5) is 10.5 Å². The number of hydrogen-bond acceptors (Lipinski definition) is 3. The average Bonchev–Trinajstić information content (AvgIpc) is 3.40. The molecule has 1 aromatic rings. The normalized spacial score (nSPS) is 26.4. The van der Waals surface area contributed by atoms with Gasteiger partial charge in [-0.3, -0.25) is 0 Å². The first kappa shape index (κ1) is 23.0. The van der Waals surface area contributed by atoms with Gasteiger partial charge in [-0.2, -0.15) is 0 Å². The minimum atomic E-state index is 0.0429. The van der Waals surface area contributed by atoms with E-state index in [4.69, 9.17) is 0 Å². The molecule has 2 amide bonds. The van der Waals surface area contributed by atoms with E-state index in [0.29, 0.717) is 12.0 Å². The molecule has 2 heterocycles. The molecule has 2 saturated heterocycles. The number of amides is 2. The lowest BCUT2D eigenvalue weighted by atomic mass is 9.87. The highest BCUT2D eigenvalue weighted by molar-refractivity contribution is 5.74. The SMILES string of the molecule is O=C(NC1CCCCC1)N[C@@H]1CCCN(c2ccccc2C2CCN(C3CCCC3)CC2)C1. The molecule has 182 valence electrons. The van der Waals surface area contributed by atoms with Gasteiger partial charge in [0.2, 0.25) is 0 Å². The second-order valence-electron chi connectivity index (χ2n) is 11.0. The Balaban J connectivity index is 1.17. The van der Waals surface area contributed by atoms with Crippen molar-refractivity contribution in [2.45, 2.75) is 108 Å². The van der Waals surface area contributed by atoms with E-state index >= 15 is 0 Å². The van der Waals surface area contributed by atoms with Gasteiger partial charge in [0, 0.05) is 36.9 Å². The summed E-state index contributed by atoms with van der Waals surface area (Å²) >= 11 is 0. The van der Waals surface area contributed by atoms with Gasteiger partial charge in [-0.1, -0.05) is 50.3 Å². The van der Waals surface area contributed by atoms with Crippen LogP contribution in [0.15, 0.2) is 24.3 Å². The number of piperidine rings is 2. The first-order valence-corrected chi connectivity index (χ1v) is 13.9. The number of rotatable bonds is 5. The summed E-state index contributed by atoms with van der Waals surface area (Å²) < 4.78 is 0. The van der Waals surface area contributed by atoms with Gasteiger partial charge in [-0.25, -0.2) is 4.79 Å². The highest BCUT2D eigenvalue weighted by Crippen LogP contribution is 2.37. The molecule has 0 radical (unpaired) electrons. The molecular weight excluding hydrogens is 408 g/mol. The molecule has 0 aromatic heterocycles. The molecule has 2 saturated carbocycles. The molecule has 0 unspecified atom stereocenters. The maximum Gasteiger partial charge on any atom is 0.315 e. The summed E-state index contributed by atoms with van der Waals surface area (Å²) in [5.41, 5.74) is 2.95. The number of anilines is 1. The van der Waals surface area contributed by atoms with Gasteiger partial charge in [0.1, 0.15) is 0 Å². The molecule has 2 N–H and O–H groups in total. The minimum Gasteiger partial charge on any atom is -0.369 e. The van der Waals surface area contributed by atoms with E-state index in [1.165, 1.54) is 82.1 Å². The quantitative estimate of drug-likeness (QED) is 0.628. The van der Waals surface area contributed by atoms with Gasteiger partial charge >= 0.3 is 6.03 Å². The van der Waals surface area contributed by atoms with Crippen LogP contribution >= 0.6 is 0 Å². The third-order valence-electron chi connectivity index (χ3n) is 8.78. The monoisotopic (exact) mass is 452 g/mol. The molecule has 4 fully saturated rings. The van der Waals surface area contributed by atoms with E-state index in [1.807, 2.05) is 0 Å². The molecule has 2 aliphatic heterocycles. The third-order valence-corrected chi connectivity index (χ3v) is 8.78. The first-order chi connectivity index (χ1) is 16.3. The zero-order valence-electron chi connectivity index (χ0n) is 20.4. The van der Waals surface area contributed by atoms with Crippen LogP contribution in [0.1, 0.15) is 95.0 Å². The van der Waals surface area contributed by atoms with Gasteiger partial charge in [0.15, 0.2) is 0 Å². The lowest BCUT2D eigenvalue weighted by Gasteiger charge is -2.39. The Bertz CT molecular complexity index is 763.